The highest BCUT2D eigenvalue weighted by Gasteiger charge is 2.34. The Balaban J connectivity index is 1.58. The van der Waals surface area contributed by atoms with Crippen LogP contribution in [0.1, 0.15) is 11.1 Å². The first-order chi connectivity index (χ1) is 15.0. The molecule has 4 rings (SSSR count). The van der Waals surface area contributed by atoms with Crippen molar-refractivity contribution in [1.82, 2.24) is 10.6 Å². The van der Waals surface area contributed by atoms with E-state index in [1.807, 2.05) is 41.3 Å². The van der Waals surface area contributed by atoms with E-state index in [1.165, 1.54) is 23.9 Å². The Morgan fingerprint density at radius 3 is 2.58 bits per heavy atom. The normalized spacial score (nSPS) is 15.0. The summed E-state index contributed by atoms with van der Waals surface area (Å²) in [6.45, 7) is 0.256. The van der Waals surface area contributed by atoms with Crippen LogP contribution in [0.4, 0.5) is 20.6 Å². The molecule has 31 heavy (non-hydrogen) atoms. The van der Waals surface area contributed by atoms with Gasteiger partial charge in [0.15, 0.2) is 5.50 Å². The summed E-state index contributed by atoms with van der Waals surface area (Å²) in [5.74, 6) is -0.472. The molecule has 3 aromatic rings. The fourth-order valence-corrected chi connectivity index (χ4v) is 5.10. The van der Waals surface area contributed by atoms with Gasteiger partial charge in [0, 0.05) is 28.6 Å². The summed E-state index contributed by atoms with van der Waals surface area (Å²) in [5, 5.41) is 6.40. The average molecular weight is 477 g/mol. The zero-order valence-electron chi connectivity index (χ0n) is 16.2. The van der Waals surface area contributed by atoms with E-state index in [1.54, 1.807) is 12.1 Å². The number of benzene rings is 3. The third-order valence-electron chi connectivity index (χ3n) is 4.87. The Bertz CT molecular complexity index is 1110. The highest BCUT2D eigenvalue weighted by Crippen LogP contribution is 2.49. The number of carbonyl (C=O) groups excluding carboxylic acids is 1. The van der Waals surface area contributed by atoms with E-state index in [0.717, 1.165) is 21.8 Å². The largest absolute Gasteiger partial charge is 0.334 e. The number of nitrogens with zero attached hydrogens (tertiary/aromatic N) is 1. The monoisotopic (exact) mass is 476 g/mol. The van der Waals surface area contributed by atoms with E-state index in [0.29, 0.717) is 11.6 Å². The third-order valence-corrected chi connectivity index (χ3v) is 6.68. The van der Waals surface area contributed by atoms with Crippen molar-refractivity contribution in [3.8, 4) is 0 Å². The van der Waals surface area contributed by atoms with Crippen molar-refractivity contribution < 1.29 is 9.18 Å². The number of hydrogen-bond donors (Lipinski definition) is 3. The Morgan fingerprint density at radius 2 is 1.81 bits per heavy atom. The maximum absolute atomic E-state index is 14.0. The Kier molecular flexibility index (Phi) is 6.57. The number of urea groups is 1. The van der Waals surface area contributed by atoms with E-state index in [2.05, 4.69) is 10.6 Å². The van der Waals surface area contributed by atoms with Crippen LogP contribution in [0.3, 0.4) is 0 Å². The van der Waals surface area contributed by atoms with Gasteiger partial charge in [0.2, 0.25) is 0 Å². The molecule has 1 aliphatic rings. The summed E-state index contributed by atoms with van der Waals surface area (Å²) in [6.07, 6.45) is 0. The summed E-state index contributed by atoms with van der Waals surface area (Å²) in [7, 11) is 0. The number of halogens is 3. The number of rotatable bonds is 5. The van der Waals surface area contributed by atoms with Crippen molar-refractivity contribution in [2.75, 3.05) is 4.90 Å². The van der Waals surface area contributed by atoms with Crippen molar-refractivity contribution in [1.29, 1.82) is 0 Å². The summed E-state index contributed by atoms with van der Waals surface area (Å²) in [4.78, 5) is 15.6. The predicted octanol–water partition coefficient (Wildman–Crippen LogP) is 5.62. The van der Waals surface area contributed by atoms with Gasteiger partial charge in [-0.3, -0.25) is 0 Å². The molecule has 0 saturated heterocycles. The number of hydrogen-bond acceptors (Lipinski definition) is 4. The molecule has 0 spiro atoms. The van der Waals surface area contributed by atoms with Crippen LogP contribution in [0.15, 0.2) is 65.6 Å². The molecule has 5 nitrogen and oxygen atoms in total. The zero-order chi connectivity index (χ0) is 22.0. The number of anilines is 2. The quantitative estimate of drug-likeness (QED) is 0.446. The molecular formula is C22H19Cl2FN4OS. The van der Waals surface area contributed by atoms with Gasteiger partial charge in [0.25, 0.3) is 0 Å². The lowest BCUT2D eigenvalue weighted by Crippen LogP contribution is -2.46. The molecule has 1 aliphatic heterocycles. The smallest absolute Gasteiger partial charge is 0.317 e. The number of nitrogens with two attached hydrogens (primary N) is 1. The molecule has 0 bridgehead atoms. The molecule has 1 atom stereocenters. The number of para-hydroxylation sites is 2. The Morgan fingerprint density at radius 1 is 1.06 bits per heavy atom. The first kappa shape index (κ1) is 21.8. The lowest BCUT2D eigenvalue weighted by molar-refractivity contribution is 0.240. The van der Waals surface area contributed by atoms with Gasteiger partial charge in [-0.1, -0.05) is 65.3 Å². The van der Waals surface area contributed by atoms with Crippen LogP contribution in [-0.2, 0) is 13.1 Å². The first-order valence-electron chi connectivity index (χ1n) is 9.49. The van der Waals surface area contributed by atoms with Crippen LogP contribution in [-0.4, -0.2) is 11.5 Å². The highest BCUT2D eigenvalue weighted by molar-refractivity contribution is 8.00. The zero-order valence-corrected chi connectivity index (χ0v) is 18.6. The molecule has 160 valence electrons. The van der Waals surface area contributed by atoms with Gasteiger partial charge in [-0.15, -0.1) is 0 Å². The topological polar surface area (TPSA) is 70.4 Å². The van der Waals surface area contributed by atoms with Gasteiger partial charge >= 0.3 is 6.03 Å². The predicted molar refractivity (Wildman–Crippen MR) is 124 cm³/mol. The SMILES string of the molecule is NCc1cccc(Cl)c1N1c2ccccc2SC1NC(=O)NCc1c(F)cccc1Cl. The van der Waals surface area contributed by atoms with Gasteiger partial charge in [-0.2, -0.15) is 0 Å². The Hall–Kier alpha value is -2.45. The van der Waals surface area contributed by atoms with Crippen LogP contribution in [0.2, 0.25) is 10.0 Å². The molecule has 0 saturated carbocycles. The second-order valence-corrected chi connectivity index (χ2v) is 8.72. The summed E-state index contributed by atoms with van der Waals surface area (Å²) >= 11 is 14.1. The van der Waals surface area contributed by atoms with Crippen LogP contribution in [0.25, 0.3) is 0 Å². The molecule has 1 unspecified atom stereocenters. The lowest BCUT2D eigenvalue weighted by atomic mass is 10.1. The minimum Gasteiger partial charge on any atom is -0.334 e. The fraction of sp³-hybridized carbons (Fsp3) is 0.136. The molecule has 2 amide bonds. The molecule has 3 aromatic carbocycles. The second-order valence-electron chi connectivity index (χ2n) is 6.79. The number of thioether (sulfide) groups is 1. The van der Waals surface area contributed by atoms with Crippen LogP contribution in [0, 0.1) is 5.82 Å². The molecule has 0 radical (unpaired) electrons. The van der Waals surface area contributed by atoms with Crippen LogP contribution >= 0.6 is 35.0 Å². The van der Waals surface area contributed by atoms with E-state index < -0.39 is 17.3 Å². The van der Waals surface area contributed by atoms with Crippen LogP contribution in [0.5, 0.6) is 0 Å². The number of nitrogens with one attached hydrogen (secondary N) is 2. The molecule has 0 aliphatic carbocycles. The number of fused-ring (bicyclic) bond motifs is 1. The standard InChI is InChI=1S/C22H19Cl2FN4OS/c23-15-6-4-8-17(25)14(15)12-27-21(30)28-22-29(18-9-1-2-10-19(18)31-22)20-13(11-26)5-3-7-16(20)24/h1-10,22H,11-12,26H2,(H2,27,28,30). The third kappa shape index (κ3) is 4.45. The average Bonchev–Trinajstić information content (AvgIpc) is 3.10. The molecule has 9 heteroatoms. The fourth-order valence-electron chi connectivity index (χ4n) is 3.41. The minimum absolute atomic E-state index is 0.0399. The molecule has 1 heterocycles. The number of amides is 2. The maximum atomic E-state index is 14.0. The minimum atomic E-state index is -0.473. The molecule has 0 fully saturated rings. The summed E-state index contributed by atoms with van der Waals surface area (Å²) in [5.41, 5.74) is 8.23. The van der Waals surface area contributed by atoms with Crippen molar-refractivity contribution in [3.05, 3.63) is 87.7 Å². The van der Waals surface area contributed by atoms with Crippen LogP contribution < -0.4 is 21.3 Å². The van der Waals surface area contributed by atoms with E-state index in [4.69, 9.17) is 28.9 Å². The summed E-state index contributed by atoms with van der Waals surface area (Å²) < 4.78 is 14.0. The van der Waals surface area contributed by atoms with Gasteiger partial charge in [0.1, 0.15) is 5.82 Å². The highest BCUT2D eigenvalue weighted by atomic mass is 35.5. The van der Waals surface area contributed by atoms with E-state index in [-0.39, 0.29) is 17.1 Å². The Labute approximate surface area is 193 Å². The van der Waals surface area contributed by atoms with Crippen molar-refractivity contribution in [2.24, 2.45) is 5.73 Å². The van der Waals surface area contributed by atoms with E-state index in [9.17, 15) is 9.18 Å². The van der Waals surface area contributed by atoms with Crippen molar-refractivity contribution in [3.63, 3.8) is 0 Å². The van der Waals surface area contributed by atoms with E-state index >= 15 is 0 Å². The summed E-state index contributed by atoms with van der Waals surface area (Å²) in [6, 6.07) is 17.3. The van der Waals surface area contributed by atoms with Gasteiger partial charge in [-0.25, -0.2) is 9.18 Å². The maximum Gasteiger partial charge on any atom is 0.317 e. The molecule has 0 aromatic heterocycles. The molecular weight excluding hydrogens is 458 g/mol. The molecule has 4 N–H and O–H groups in total. The van der Waals surface area contributed by atoms with Gasteiger partial charge in [-0.05, 0) is 35.9 Å². The second kappa shape index (κ2) is 9.36. The van der Waals surface area contributed by atoms with Crippen molar-refractivity contribution >= 4 is 52.4 Å². The number of carbonyl (C=O) groups is 1. The van der Waals surface area contributed by atoms with Gasteiger partial charge in [0.05, 0.1) is 16.4 Å². The van der Waals surface area contributed by atoms with Crippen molar-refractivity contribution in [2.45, 2.75) is 23.5 Å². The lowest BCUT2D eigenvalue weighted by Gasteiger charge is -2.30. The van der Waals surface area contributed by atoms with Gasteiger partial charge < -0.3 is 21.3 Å². The first-order valence-corrected chi connectivity index (χ1v) is 11.1.